The molecule has 0 aromatic heterocycles. The summed E-state index contributed by atoms with van der Waals surface area (Å²) in [6, 6.07) is 4.74. The van der Waals surface area contributed by atoms with Gasteiger partial charge in [-0.2, -0.15) is 8.78 Å². The molecule has 0 bridgehead atoms. The fourth-order valence-electron chi connectivity index (χ4n) is 3.13. The van der Waals surface area contributed by atoms with Crippen LogP contribution < -0.4 is 20.1 Å². The summed E-state index contributed by atoms with van der Waals surface area (Å²) in [6.45, 7) is 6.35. The second-order valence-electron chi connectivity index (χ2n) is 6.48. The number of nitrogens with zero attached hydrogens (tertiary/aromatic N) is 2. The van der Waals surface area contributed by atoms with Crippen LogP contribution in [0.1, 0.15) is 25.8 Å². The summed E-state index contributed by atoms with van der Waals surface area (Å²) in [5.74, 6) is 1.94. The monoisotopic (exact) mass is 512 g/mol. The van der Waals surface area contributed by atoms with E-state index in [0.29, 0.717) is 23.2 Å². The van der Waals surface area contributed by atoms with Crippen molar-refractivity contribution in [2.75, 3.05) is 39.8 Å². The largest absolute Gasteiger partial charge is 0.497 e. The molecular weight excluding hydrogens is 481 g/mol. The van der Waals surface area contributed by atoms with Crippen molar-refractivity contribution in [2.45, 2.75) is 33.4 Å². The fourth-order valence-corrected chi connectivity index (χ4v) is 3.13. The molecule has 0 spiro atoms. The third-order valence-electron chi connectivity index (χ3n) is 4.61. The van der Waals surface area contributed by atoms with Gasteiger partial charge >= 0.3 is 6.61 Å². The van der Waals surface area contributed by atoms with Gasteiger partial charge in [0.2, 0.25) is 0 Å². The summed E-state index contributed by atoms with van der Waals surface area (Å²) in [4.78, 5) is 6.96. The molecule has 1 fully saturated rings. The maximum absolute atomic E-state index is 12.6. The number of hydrogen-bond acceptors (Lipinski definition) is 4. The zero-order valence-electron chi connectivity index (χ0n) is 16.7. The van der Waals surface area contributed by atoms with Crippen LogP contribution in [0.3, 0.4) is 0 Å². The summed E-state index contributed by atoms with van der Waals surface area (Å²) in [5, 5.41) is 6.55. The molecule has 1 heterocycles. The molecule has 1 unspecified atom stereocenters. The summed E-state index contributed by atoms with van der Waals surface area (Å²) >= 11 is 0. The number of nitrogens with one attached hydrogen (secondary N) is 2. The fraction of sp³-hybridized carbons (Fsp3) is 0.632. The van der Waals surface area contributed by atoms with Crippen LogP contribution in [0.4, 0.5) is 8.78 Å². The van der Waals surface area contributed by atoms with Crippen LogP contribution in [-0.2, 0) is 6.54 Å². The van der Waals surface area contributed by atoms with Crippen molar-refractivity contribution in [3.05, 3.63) is 23.8 Å². The van der Waals surface area contributed by atoms with E-state index in [4.69, 9.17) is 4.74 Å². The van der Waals surface area contributed by atoms with Crippen LogP contribution in [0.25, 0.3) is 0 Å². The van der Waals surface area contributed by atoms with E-state index in [1.165, 1.54) is 19.6 Å². The zero-order valence-corrected chi connectivity index (χ0v) is 19.0. The number of aliphatic imine (C=N–C) groups is 1. The standard InChI is InChI=1S/C19H30F2N4O2.HI/c1-4-22-19(23-11-14-8-9-25(5-2)13-14)24-12-15-10-16(26-3)6-7-17(15)27-18(20)21;/h6-7,10,14,18H,4-5,8-9,11-13H2,1-3H3,(H2,22,23,24);1H. The Balaban J connectivity index is 0.00000392. The van der Waals surface area contributed by atoms with Crippen molar-refractivity contribution >= 4 is 29.9 Å². The topological polar surface area (TPSA) is 58.1 Å². The molecule has 1 atom stereocenters. The van der Waals surface area contributed by atoms with E-state index in [2.05, 4.69) is 32.2 Å². The van der Waals surface area contributed by atoms with E-state index in [9.17, 15) is 8.78 Å². The minimum atomic E-state index is -2.88. The van der Waals surface area contributed by atoms with Gasteiger partial charge in [-0.05, 0) is 50.6 Å². The lowest BCUT2D eigenvalue weighted by molar-refractivity contribution is -0.0504. The Hall–Kier alpha value is -1.36. The van der Waals surface area contributed by atoms with Gasteiger partial charge in [0.1, 0.15) is 11.5 Å². The van der Waals surface area contributed by atoms with Crippen LogP contribution in [-0.4, -0.2) is 57.3 Å². The van der Waals surface area contributed by atoms with Crippen LogP contribution in [0.15, 0.2) is 23.2 Å². The number of guanidine groups is 1. The van der Waals surface area contributed by atoms with Gasteiger partial charge in [0.05, 0.1) is 13.7 Å². The van der Waals surface area contributed by atoms with Gasteiger partial charge < -0.3 is 25.0 Å². The van der Waals surface area contributed by atoms with E-state index >= 15 is 0 Å². The Bertz CT molecular complexity index is 620. The molecule has 6 nitrogen and oxygen atoms in total. The first-order valence-corrected chi connectivity index (χ1v) is 9.41. The molecular formula is C19H31F2IN4O2. The Kier molecular flexibility index (Phi) is 11.4. The minimum Gasteiger partial charge on any atom is -0.497 e. The second-order valence-corrected chi connectivity index (χ2v) is 6.48. The molecule has 0 amide bonds. The van der Waals surface area contributed by atoms with Crippen LogP contribution in [0.2, 0.25) is 0 Å². The van der Waals surface area contributed by atoms with E-state index < -0.39 is 6.61 Å². The van der Waals surface area contributed by atoms with Gasteiger partial charge in [0.25, 0.3) is 0 Å². The zero-order chi connectivity index (χ0) is 19.6. The summed E-state index contributed by atoms with van der Waals surface area (Å²) in [6.07, 6.45) is 1.17. The van der Waals surface area contributed by atoms with Crippen LogP contribution in [0, 0.1) is 5.92 Å². The van der Waals surface area contributed by atoms with Crippen molar-refractivity contribution in [3.8, 4) is 11.5 Å². The quantitative estimate of drug-likeness (QED) is 0.302. The van der Waals surface area contributed by atoms with Crippen molar-refractivity contribution in [1.82, 2.24) is 15.5 Å². The first-order chi connectivity index (χ1) is 13.0. The smallest absolute Gasteiger partial charge is 0.387 e. The Morgan fingerprint density at radius 2 is 2.11 bits per heavy atom. The lowest BCUT2D eigenvalue weighted by Gasteiger charge is -2.16. The molecule has 9 heteroatoms. The number of ether oxygens (including phenoxy) is 2. The molecule has 1 aliphatic heterocycles. The first kappa shape index (κ1) is 24.7. The van der Waals surface area contributed by atoms with Gasteiger partial charge in [-0.25, -0.2) is 4.99 Å². The number of alkyl halides is 2. The van der Waals surface area contributed by atoms with E-state index in [0.717, 1.165) is 32.7 Å². The van der Waals surface area contributed by atoms with Crippen molar-refractivity contribution < 1.29 is 18.3 Å². The number of halogens is 3. The molecule has 160 valence electrons. The van der Waals surface area contributed by atoms with Gasteiger partial charge in [-0.15, -0.1) is 24.0 Å². The predicted octanol–water partition coefficient (Wildman–Crippen LogP) is 3.31. The highest BCUT2D eigenvalue weighted by Crippen LogP contribution is 2.26. The van der Waals surface area contributed by atoms with Gasteiger partial charge in [-0.3, -0.25) is 0 Å². The van der Waals surface area contributed by atoms with Crippen molar-refractivity contribution in [2.24, 2.45) is 10.9 Å². The summed E-state index contributed by atoms with van der Waals surface area (Å²) < 4.78 is 35.1. The van der Waals surface area contributed by atoms with Crippen LogP contribution in [0.5, 0.6) is 11.5 Å². The number of likely N-dealkylation sites (tertiary alicyclic amines) is 1. The highest BCUT2D eigenvalue weighted by atomic mass is 127. The van der Waals surface area contributed by atoms with E-state index in [1.54, 1.807) is 12.1 Å². The van der Waals surface area contributed by atoms with Crippen molar-refractivity contribution in [1.29, 1.82) is 0 Å². The highest BCUT2D eigenvalue weighted by Gasteiger charge is 2.21. The molecule has 1 aliphatic rings. The highest BCUT2D eigenvalue weighted by molar-refractivity contribution is 14.0. The van der Waals surface area contributed by atoms with Crippen molar-refractivity contribution in [3.63, 3.8) is 0 Å². The predicted molar refractivity (Wildman–Crippen MR) is 118 cm³/mol. The lowest BCUT2D eigenvalue weighted by atomic mass is 10.1. The molecule has 0 aliphatic carbocycles. The number of rotatable bonds is 9. The molecule has 2 N–H and O–H groups in total. The Labute approximate surface area is 183 Å². The maximum atomic E-state index is 12.6. The molecule has 1 aromatic carbocycles. The van der Waals surface area contributed by atoms with E-state index in [-0.39, 0.29) is 36.3 Å². The number of benzene rings is 1. The normalized spacial score (nSPS) is 17.4. The molecule has 2 rings (SSSR count). The average molecular weight is 512 g/mol. The molecule has 0 radical (unpaired) electrons. The summed E-state index contributed by atoms with van der Waals surface area (Å²) in [7, 11) is 1.53. The second kappa shape index (κ2) is 13.0. The third kappa shape index (κ3) is 7.94. The minimum absolute atomic E-state index is 0. The lowest BCUT2D eigenvalue weighted by Crippen LogP contribution is -2.40. The molecule has 28 heavy (non-hydrogen) atoms. The SMILES string of the molecule is CCNC(=NCc1cc(OC)ccc1OC(F)F)NCC1CCN(CC)C1.I. The third-order valence-corrected chi connectivity index (χ3v) is 4.61. The first-order valence-electron chi connectivity index (χ1n) is 9.41. The Morgan fingerprint density at radius 1 is 1.32 bits per heavy atom. The van der Waals surface area contributed by atoms with Crippen LogP contribution >= 0.6 is 24.0 Å². The van der Waals surface area contributed by atoms with Gasteiger partial charge in [0, 0.05) is 25.2 Å². The van der Waals surface area contributed by atoms with Gasteiger partial charge in [0.15, 0.2) is 5.96 Å². The van der Waals surface area contributed by atoms with Gasteiger partial charge in [-0.1, -0.05) is 6.92 Å². The average Bonchev–Trinajstić information content (AvgIpc) is 3.12. The molecule has 1 saturated heterocycles. The Morgan fingerprint density at radius 3 is 2.71 bits per heavy atom. The maximum Gasteiger partial charge on any atom is 0.387 e. The number of hydrogen-bond donors (Lipinski definition) is 2. The van der Waals surface area contributed by atoms with E-state index in [1.807, 2.05) is 6.92 Å². The molecule has 1 aromatic rings. The summed E-state index contributed by atoms with van der Waals surface area (Å²) in [5.41, 5.74) is 0.546. The molecule has 0 saturated carbocycles. The number of methoxy groups -OCH3 is 1.